The number of esters is 1. The van der Waals surface area contributed by atoms with Crippen LogP contribution in [0.1, 0.15) is 49.6 Å². The Morgan fingerprint density at radius 2 is 1.93 bits per heavy atom. The van der Waals surface area contributed by atoms with E-state index in [0.29, 0.717) is 43.6 Å². The highest BCUT2D eigenvalue weighted by molar-refractivity contribution is 7.07. The van der Waals surface area contributed by atoms with Crippen LogP contribution in [0.15, 0.2) is 80.1 Å². The zero-order chi connectivity index (χ0) is 28.7. The quantitative estimate of drug-likeness (QED) is 0.173. The van der Waals surface area contributed by atoms with E-state index in [1.807, 2.05) is 24.3 Å². The average molecular weight is 578 g/mol. The monoisotopic (exact) mass is 577 g/mol. The van der Waals surface area contributed by atoms with Crippen molar-refractivity contribution >= 4 is 40.7 Å². The molecule has 5 rings (SSSR count). The second-order valence-corrected chi connectivity index (χ2v) is 10.9. The lowest BCUT2D eigenvalue weighted by atomic mass is 9.93. The largest absolute Gasteiger partial charge is 0.466 e. The van der Waals surface area contributed by atoms with Crippen LogP contribution in [-0.4, -0.2) is 22.6 Å². The fourth-order valence-electron chi connectivity index (χ4n) is 4.59. The van der Waals surface area contributed by atoms with Gasteiger partial charge in [0.15, 0.2) is 4.80 Å². The predicted molar refractivity (Wildman–Crippen MR) is 152 cm³/mol. The number of halogens is 1. The first kappa shape index (κ1) is 27.3. The molecular formula is C29H24ClN3O6S. The van der Waals surface area contributed by atoms with Crippen molar-refractivity contribution in [1.29, 1.82) is 0 Å². The van der Waals surface area contributed by atoms with Crippen LogP contribution in [0.25, 0.3) is 17.4 Å². The summed E-state index contributed by atoms with van der Waals surface area (Å²) in [5.41, 5.74) is 2.70. The second-order valence-electron chi connectivity index (χ2n) is 9.52. The Morgan fingerprint density at radius 1 is 1.20 bits per heavy atom. The first-order valence-electron chi connectivity index (χ1n) is 12.3. The van der Waals surface area contributed by atoms with E-state index in [1.165, 1.54) is 41.2 Å². The van der Waals surface area contributed by atoms with Crippen molar-refractivity contribution in [2.24, 2.45) is 4.99 Å². The van der Waals surface area contributed by atoms with Crippen molar-refractivity contribution in [3.05, 3.63) is 118 Å². The van der Waals surface area contributed by atoms with E-state index >= 15 is 0 Å². The summed E-state index contributed by atoms with van der Waals surface area (Å²) in [6.07, 6.45) is 1.60. The number of methoxy groups -OCH3 is 1. The van der Waals surface area contributed by atoms with Crippen LogP contribution in [0.3, 0.4) is 0 Å². The number of ether oxygens (including phenoxy) is 1. The third-order valence-electron chi connectivity index (χ3n) is 6.67. The number of nitrogens with zero attached hydrogens (tertiary/aromatic N) is 3. The van der Waals surface area contributed by atoms with Gasteiger partial charge in [0.25, 0.3) is 11.2 Å². The van der Waals surface area contributed by atoms with Crippen LogP contribution in [0, 0.1) is 10.1 Å². The number of thiazole rings is 1. The summed E-state index contributed by atoms with van der Waals surface area (Å²) in [6.45, 7) is 5.92. The smallest absolute Gasteiger partial charge is 0.338 e. The van der Waals surface area contributed by atoms with Crippen LogP contribution in [-0.2, 0) is 9.53 Å². The highest BCUT2D eigenvalue weighted by Crippen LogP contribution is 2.33. The van der Waals surface area contributed by atoms with Gasteiger partial charge in [-0.05, 0) is 42.2 Å². The molecule has 2 aromatic carbocycles. The van der Waals surface area contributed by atoms with Crippen molar-refractivity contribution in [3.8, 4) is 11.3 Å². The first-order valence-corrected chi connectivity index (χ1v) is 13.5. The number of rotatable bonds is 6. The molecule has 0 aliphatic carbocycles. The molecule has 0 spiro atoms. The minimum atomic E-state index is -0.710. The highest BCUT2D eigenvalue weighted by atomic mass is 35.5. The normalized spacial score (nSPS) is 15.2. The maximum absolute atomic E-state index is 13.8. The molecule has 4 aromatic rings. The van der Waals surface area contributed by atoms with Gasteiger partial charge in [0.1, 0.15) is 11.5 Å². The molecule has 204 valence electrons. The summed E-state index contributed by atoms with van der Waals surface area (Å²) < 4.78 is 12.9. The number of hydrogen-bond acceptors (Lipinski definition) is 8. The fourth-order valence-corrected chi connectivity index (χ4v) is 5.89. The van der Waals surface area contributed by atoms with Crippen LogP contribution >= 0.6 is 22.9 Å². The molecule has 0 N–H and O–H groups in total. The minimum absolute atomic E-state index is 0.128. The zero-order valence-electron chi connectivity index (χ0n) is 22.0. The van der Waals surface area contributed by atoms with Gasteiger partial charge < -0.3 is 9.15 Å². The second kappa shape index (κ2) is 10.7. The zero-order valence-corrected chi connectivity index (χ0v) is 23.6. The lowest BCUT2D eigenvalue weighted by Gasteiger charge is -2.24. The molecule has 1 aliphatic rings. The van der Waals surface area contributed by atoms with Gasteiger partial charge in [-0.1, -0.05) is 61.1 Å². The molecular weight excluding hydrogens is 554 g/mol. The molecule has 0 saturated heterocycles. The number of non-ortho nitro benzene ring substituents is 1. The molecule has 9 nitrogen and oxygen atoms in total. The standard InChI is InChI=1S/C29H24ClN3O6S/c1-15(2)17-5-7-18(8-6-17)26-25(28(35)38-4)16(3)31-29-32(26)27(34)24(40-29)14-20-10-12-23(39-20)21-11-9-19(33(36)37)13-22(21)30/h5-15,26H,1-4H3/b24-14-. The van der Waals surface area contributed by atoms with Crippen LogP contribution < -0.4 is 14.9 Å². The van der Waals surface area contributed by atoms with Gasteiger partial charge in [-0.15, -0.1) is 0 Å². The Labute approximate surface area is 237 Å². The van der Waals surface area contributed by atoms with E-state index in [-0.39, 0.29) is 16.3 Å². The van der Waals surface area contributed by atoms with Gasteiger partial charge in [-0.3, -0.25) is 19.5 Å². The molecule has 0 fully saturated rings. The summed E-state index contributed by atoms with van der Waals surface area (Å²) in [5.74, 6) is 0.555. The summed E-state index contributed by atoms with van der Waals surface area (Å²) in [5, 5.41) is 11.2. The molecule has 0 saturated carbocycles. The highest BCUT2D eigenvalue weighted by Gasteiger charge is 2.33. The van der Waals surface area contributed by atoms with Crippen molar-refractivity contribution in [2.75, 3.05) is 7.11 Å². The van der Waals surface area contributed by atoms with Gasteiger partial charge in [0.2, 0.25) is 0 Å². The summed E-state index contributed by atoms with van der Waals surface area (Å²) in [6, 6.07) is 14.6. The fraction of sp³-hybridized carbons (Fsp3) is 0.207. The Hall–Kier alpha value is -4.28. The third-order valence-corrected chi connectivity index (χ3v) is 7.97. The van der Waals surface area contributed by atoms with Crippen LogP contribution in [0.5, 0.6) is 0 Å². The van der Waals surface area contributed by atoms with E-state index in [2.05, 4.69) is 18.8 Å². The SMILES string of the molecule is COC(=O)C1=C(C)N=c2s/c(=C\c3ccc(-c4ccc([N+](=O)[O-])cc4Cl)o3)c(=O)n2C1c1ccc(C(C)C)cc1. The number of hydrogen-bond donors (Lipinski definition) is 0. The number of benzene rings is 2. The van der Waals surface area contributed by atoms with Gasteiger partial charge in [0.05, 0.1) is 38.9 Å². The third kappa shape index (κ3) is 4.91. The number of carbonyl (C=O) groups excluding carboxylic acids is 1. The molecule has 0 radical (unpaired) electrons. The Kier molecular flexibility index (Phi) is 7.31. The van der Waals surface area contributed by atoms with Gasteiger partial charge in [0, 0.05) is 23.8 Å². The molecule has 11 heteroatoms. The molecule has 0 amide bonds. The van der Waals surface area contributed by atoms with Crippen molar-refractivity contribution in [1.82, 2.24) is 4.57 Å². The van der Waals surface area contributed by atoms with Crippen molar-refractivity contribution in [2.45, 2.75) is 32.7 Å². The van der Waals surface area contributed by atoms with E-state index in [9.17, 15) is 19.7 Å². The van der Waals surface area contributed by atoms with E-state index in [1.54, 1.807) is 25.1 Å². The van der Waals surface area contributed by atoms with Gasteiger partial charge in [-0.25, -0.2) is 9.79 Å². The maximum Gasteiger partial charge on any atom is 0.338 e. The van der Waals surface area contributed by atoms with E-state index < -0.39 is 16.9 Å². The molecule has 0 bridgehead atoms. The lowest BCUT2D eigenvalue weighted by Crippen LogP contribution is -2.39. The maximum atomic E-state index is 13.8. The Bertz CT molecular complexity index is 1860. The summed E-state index contributed by atoms with van der Waals surface area (Å²) in [7, 11) is 1.30. The summed E-state index contributed by atoms with van der Waals surface area (Å²) >= 11 is 7.44. The Balaban J connectivity index is 1.60. The number of nitro groups is 1. The lowest BCUT2D eigenvalue weighted by molar-refractivity contribution is -0.384. The summed E-state index contributed by atoms with van der Waals surface area (Å²) in [4.78, 5) is 42.1. The number of carbonyl (C=O) groups is 1. The molecule has 1 unspecified atom stereocenters. The van der Waals surface area contributed by atoms with Gasteiger partial charge in [-0.2, -0.15) is 0 Å². The molecule has 3 heterocycles. The van der Waals surface area contributed by atoms with Crippen molar-refractivity contribution < 1.29 is 18.9 Å². The average Bonchev–Trinajstić information content (AvgIpc) is 3.51. The van der Waals surface area contributed by atoms with Gasteiger partial charge >= 0.3 is 5.97 Å². The number of furan rings is 1. The molecule has 2 aromatic heterocycles. The molecule has 40 heavy (non-hydrogen) atoms. The number of nitro benzene ring substituents is 1. The number of aromatic nitrogens is 1. The Morgan fingerprint density at radius 3 is 2.55 bits per heavy atom. The van der Waals surface area contributed by atoms with Crippen LogP contribution in [0.2, 0.25) is 5.02 Å². The number of allylic oxidation sites excluding steroid dienone is 1. The first-order chi connectivity index (χ1) is 19.1. The predicted octanol–water partition coefficient (Wildman–Crippen LogP) is 5.35. The van der Waals surface area contributed by atoms with Crippen molar-refractivity contribution in [3.63, 3.8) is 0 Å². The topological polar surface area (TPSA) is 117 Å². The van der Waals surface area contributed by atoms with E-state index in [0.717, 1.165) is 11.1 Å². The van der Waals surface area contributed by atoms with E-state index in [4.69, 9.17) is 20.8 Å². The molecule has 1 aliphatic heterocycles. The van der Waals surface area contributed by atoms with Crippen LogP contribution in [0.4, 0.5) is 5.69 Å². The molecule has 1 atom stereocenters. The minimum Gasteiger partial charge on any atom is -0.466 e. The number of fused-ring (bicyclic) bond motifs is 1.